The molecule has 25 heavy (non-hydrogen) atoms. The second-order valence-corrected chi connectivity index (χ2v) is 6.79. The number of ether oxygens (including phenoxy) is 1. The third kappa shape index (κ3) is 5.89. The quantitative estimate of drug-likeness (QED) is 0.486. The van der Waals surface area contributed by atoms with Crippen LogP contribution < -0.4 is 10.1 Å². The molecule has 134 valence electrons. The summed E-state index contributed by atoms with van der Waals surface area (Å²) in [6.07, 6.45) is -0.724. The topological polar surface area (TPSA) is 56.8 Å². The molecule has 0 aliphatic heterocycles. The van der Waals surface area contributed by atoms with Crippen LogP contribution in [0.4, 0.5) is 0 Å². The molecule has 0 heterocycles. The van der Waals surface area contributed by atoms with Crippen LogP contribution in [0.3, 0.4) is 0 Å². The molecule has 2 aromatic rings. The Morgan fingerprint density at radius 2 is 1.80 bits per heavy atom. The fourth-order valence-corrected chi connectivity index (χ4v) is 2.16. The molecule has 1 atom stereocenters. The van der Waals surface area contributed by atoms with Crippen LogP contribution in [0.15, 0.2) is 48.5 Å². The molecule has 0 aromatic heterocycles. The zero-order chi connectivity index (χ0) is 18.4. The summed E-state index contributed by atoms with van der Waals surface area (Å²) in [5.74, 6) is 0.342. The number of methoxy groups -OCH3 is 1. The van der Waals surface area contributed by atoms with Crippen molar-refractivity contribution in [2.45, 2.75) is 39.5 Å². The first-order chi connectivity index (χ1) is 11.8. The van der Waals surface area contributed by atoms with Crippen molar-refractivity contribution in [2.75, 3.05) is 7.11 Å². The van der Waals surface area contributed by atoms with Gasteiger partial charge < -0.3 is 10.1 Å². The van der Waals surface area contributed by atoms with Gasteiger partial charge in [-0.1, -0.05) is 35.9 Å². The van der Waals surface area contributed by atoms with Crippen LogP contribution in [-0.4, -0.2) is 18.6 Å². The first kappa shape index (κ1) is 19.0. The zero-order valence-corrected chi connectivity index (χ0v) is 15.3. The van der Waals surface area contributed by atoms with Crippen molar-refractivity contribution in [3.63, 3.8) is 0 Å². The van der Waals surface area contributed by atoms with Gasteiger partial charge >= 0.3 is 0 Å². The molecule has 1 N–H and O–H groups in total. The molecular formula is C20H25NO4. The summed E-state index contributed by atoms with van der Waals surface area (Å²) in [6.45, 7) is 7.62. The second-order valence-electron chi connectivity index (χ2n) is 6.79. The standard InChI is InChI=1S/C20H25NO4/c1-14-8-6-10-16(12-14)19(24-25-20(2,3)4)21-18(22)15-9-7-11-17(13-15)23-5/h6-13,19H,1-5H3,(H,21,22)/t19-/m1/s1. The van der Waals surface area contributed by atoms with E-state index in [4.69, 9.17) is 14.5 Å². The average molecular weight is 343 g/mol. The van der Waals surface area contributed by atoms with E-state index in [1.807, 2.05) is 52.0 Å². The number of carbonyl (C=O) groups excluding carboxylic acids is 1. The second kappa shape index (κ2) is 8.14. The molecule has 0 unspecified atom stereocenters. The van der Waals surface area contributed by atoms with Crippen molar-refractivity contribution < 1.29 is 19.3 Å². The Kier molecular flexibility index (Phi) is 6.17. The van der Waals surface area contributed by atoms with Gasteiger partial charge in [0.15, 0.2) is 6.23 Å². The van der Waals surface area contributed by atoms with Crippen molar-refractivity contribution in [3.05, 3.63) is 65.2 Å². The van der Waals surface area contributed by atoms with Crippen molar-refractivity contribution in [1.82, 2.24) is 5.32 Å². The highest BCUT2D eigenvalue weighted by Gasteiger charge is 2.21. The van der Waals surface area contributed by atoms with Crippen molar-refractivity contribution in [3.8, 4) is 5.75 Å². The minimum atomic E-state index is -0.724. The Morgan fingerprint density at radius 1 is 1.08 bits per heavy atom. The number of hydrogen-bond donors (Lipinski definition) is 1. The smallest absolute Gasteiger partial charge is 0.253 e. The van der Waals surface area contributed by atoms with Crippen LogP contribution in [-0.2, 0) is 9.78 Å². The maximum atomic E-state index is 12.6. The van der Waals surface area contributed by atoms with Gasteiger partial charge in [0.2, 0.25) is 0 Å². The van der Waals surface area contributed by atoms with E-state index in [-0.39, 0.29) is 5.91 Å². The lowest BCUT2D eigenvalue weighted by Gasteiger charge is -2.24. The molecule has 1 amide bonds. The van der Waals surface area contributed by atoms with Gasteiger partial charge in [-0.05, 0) is 45.9 Å². The molecular weight excluding hydrogens is 318 g/mol. The molecule has 0 bridgehead atoms. The van der Waals surface area contributed by atoms with E-state index in [0.29, 0.717) is 11.3 Å². The monoisotopic (exact) mass is 343 g/mol. The third-order valence-corrected chi connectivity index (χ3v) is 3.33. The van der Waals surface area contributed by atoms with Gasteiger partial charge in [-0.2, -0.15) is 0 Å². The maximum Gasteiger partial charge on any atom is 0.253 e. The summed E-state index contributed by atoms with van der Waals surface area (Å²) < 4.78 is 5.17. The summed E-state index contributed by atoms with van der Waals surface area (Å²) in [4.78, 5) is 23.6. The van der Waals surface area contributed by atoms with Crippen LogP contribution in [0.25, 0.3) is 0 Å². The first-order valence-electron chi connectivity index (χ1n) is 8.14. The van der Waals surface area contributed by atoms with E-state index in [0.717, 1.165) is 11.1 Å². The minimum absolute atomic E-state index is 0.275. The van der Waals surface area contributed by atoms with E-state index in [2.05, 4.69) is 5.32 Å². The Labute approximate surface area is 148 Å². The molecule has 5 nitrogen and oxygen atoms in total. The van der Waals surface area contributed by atoms with Crippen LogP contribution >= 0.6 is 0 Å². The van der Waals surface area contributed by atoms with Gasteiger partial charge in [0.1, 0.15) is 5.75 Å². The molecule has 2 aromatic carbocycles. The highest BCUT2D eigenvalue weighted by molar-refractivity contribution is 5.94. The maximum absolute atomic E-state index is 12.6. The number of benzene rings is 2. The molecule has 5 heteroatoms. The highest BCUT2D eigenvalue weighted by atomic mass is 17.2. The number of aryl methyl sites for hydroxylation is 1. The van der Waals surface area contributed by atoms with Crippen molar-refractivity contribution in [2.24, 2.45) is 0 Å². The molecule has 0 aliphatic rings. The first-order valence-corrected chi connectivity index (χ1v) is 8.14. The summed E-state index contributed by atoms with van der Waals surface area (Å²) in [5, 5.41) is 2.86. The van der Waals surface area contributed by atoms with Crippen LogP contribution in [0.1, 0.15) is 48.5 Å². The molecule has 2 rings (SSSR count). The van der Waals surface area contributed by atoms with E-state index >= 15 is 0 Å². The molecule has 0 spiro atoms. The summed E-state index contributed by atoms with van der Waals surface area (Å²) in [5.41, 5.74) is 1.86. The Bertz CT molecular complexity index is 722. The summed E-state index contributed by atoms with van der Waals surface area (Å²) >= 11 is 0. The minimum Gasteiger partial charge on any atom is -0.497 e. The Hall–Kier alpha value is -2.37. The lowest BCUT2D eigenvalue weighted by Crippen LogP contribution is -2.33. The SMILES string of the molecule is COc1cccc(C(=O)N[C@H](OOC(C)(C)C)c2cccc(C)c2)c1. The predicted octanol–water partition coefficient (Wildman–Crippen LogP) is 4.18. The van der Waals surface area contributed by atoms with Crippen molar-refractivity contribution in [1.29, 1.82) is 0 Å². The highest BCUT2D eigenvalue weighted by Crippen LogP contribution is 2.21. The fourth-order valence-electron chi connectivity index (χ4n) is 2.16. The van der Waals surface area contributed by atoms with Crippen LogP contribution in [0, 0.1) is 6.92 Å². The Morgan fingerprint density at radius 3 is 2.44 bits per heavy atom. The summed E-state index contributed by atoms with van der Waals surface area (Å²) in [7, 11) is 1.56. The number of hydrogen-bond acceptors (Lipinski definition) is 4. The molecule has 0 fully saturated rings. The van der Waals surface area contributed by atoms with E-state index < -0.39 is 11.8 Å². The van der Waals surface area contributed by atoms with Gasteiger partial charge in [0.25, 0.3) is 5.91 Å². The zero-order valence-electron chi connectivity index (χ0n) is 15.3. The number of amides is 1. The number of carbonyl (C=O) groups is 1. The number of rotatable bonds is 6. The third-order valence-electron chi connectivity index (χ3n) is 3.33. The van der Waals surface area contributed by atoms with Gasteiger partial charge in [0.05, 0.1) is 12.7 Å². The van der Waals surface area contributed by atoms with Gasteiger partial charge in [0, 0.05) is 11.1 Å². The van der Waals surface area contributed by atoms with Crippen LogP contribution in [0.5, 0.6) is 5.75 Å². The lowest BCUT2D eigenvalue weighted by atomic mass is 10.1. The van der Waals surface area contributed by atoms with E-state index in [1.54, 1.807) is 31.4 Å². The van der Waals surface area contributed by atoms with Gasteiger partial charge in [-0.15, -0.1) is 0 Å². The average Bonchev–Trinajstić information content (AvgIpc) is 2.57. The van der Waals surface area contributed by atoms with Gasteiger partial charge in [-0.3, -0.25) is 4.79 Å². The van der Waals surface area contributed by atoms with Crippen LogP contribution in [0.2, 0.25) is 0 Å². The molecule has 0 aliphatic carbocycles. The Balaban J connectivity index is 2.21. The summed E-state index contributed by atoms with van der Waals surface area (Å²) in [6, 6.07) is 14.7. The molecule has 0 saturated heterocycles. The number of nitrogens with one attached hydrogen (secondary N) is 1. The van der Waals surface area contributed by atoms with E-state index in [1.165, 1.54) is 0 Å². The fraction of sp³-hybridized carbons (Fsp3) is 0.350. The van der Waals surface area contributed by atoms with Gasteiger partial charge in [-0.25, -0.2) is 9.78 Å². The molecule has 0 radical (unpaired) electrons. The molecule has 0 saturated carbocycles. The predicted molar refractivity (Wildman–Crippen MR) is 96.3 cm³/mol. The lowest BCUT2D eigenvalue weighted by molar-refractivity contribution is -0.379. The van der Waals surface area contributed by atoms with E-state index in [9.17, 15) is 4.79 Å². The van der Waals surface area contributed by atoms with Crippen molar-refractivity contribution >= 4 is 5.91 Å². The largest absolute Gasteiger partial charge is 0.497 e. The normalized spacial score (nSPS) is 12.5.